The van der Waals surface area contributed by atoms with Crippen molar-refractivity contribution in [2.24, 2.45) is 11.3 Å². The van der Waals surface area contributed by atoms with Crippen molar-refractivity contribution in [3.8, 4) is 0 Å². The minimum absolute atomic E-state index is 0.0180. The third-order valence-electron chi connectivity index (χ3n) is 4.35. The summed E-state index contributed by atoms with van der Waals surface area (Å²) in [5, 5.41) is 6.22. The topological polar surface area (TPSA) is 41.1 Å². The van der Waals surface area contributed by atoms with Crippen molar-refractivity contribution >= 4 is 21.8 Å². The highest BCUT2D eigenvalue weighted by Gasteiger charge is 2.37. The van der Waals surface area contributed by atoms with E-state index >= 15 is 0 Å². The molecule has 0 radical (unpaired) electrons. The number of benzene rings is 1. The summed E-state index contributed by atoms with van der Waals surface area (Å²) < 4.78 is 14.5. The average molecular weight is 357 g/mol. The second-order valence-corrected chi connectivity index (χ2v) is 7.10. The Balaban J connectivity index is 1.98. The molecule has 1 aliphatic rings. The highest BCUT2D eigenvalue weighted by Crippen LogP contribution is 2.32. The molecule has 0 bridgehead atoms. The van der Waals surface area contributed by atoms with Crippen LogP contribution in [0.5, 0.6) is 0 Å². The first kappa shape index (κ1) is 16.4. The van der Waals surface area contributed by atoms with Crippen LogP contribution in [0.1, 0.15) is 32.3 Å². The van der Waals surface area contributed by atoms with Gasteiger partial charge < -0.3 is 10.6 Å². The number of amides is 1. The Bertz CT molecular complexity index is 513. The summed E-state index contributed by atoms with van der Waals surface area (Å²) in [5.41, 5.74) is 0.0471. The van der Waals surface area contributed by atoms with Crippen LogP contribution in [0.3, 0.4) is 0 Å². The third-order valence-corrected chi connectivity index (χ3v) is 4.84. The molecule has 1 aromatic rings. The van der Waals surface area contributed by atoms with Crippen molar-refractivity contribution in [3.05, 3.63) is 34.1 Å². The van der Waals surface area contributed by atoms with Crippen molar-refractivity contribution < 1.29 is 9.18 Å². The number of piperidine rings is 1. The lowest BCUT2D eigenvalue weighted by Gasteiger charge is -2.36. The summed E-state index contributed by atoms with van der Waals surface area (Å²) >= 11 is 3.32. The van der Waals surface area contributed by atoms with Gasteiger partial charge in [-0.2, -0.15) is 0 Å². The molecule has 0 saturated carbocycles. The van der Waals surface area contributed by atoms with E-state index in [1.807, 2.05) is 13.8 Å². The van der Waals surface area contributed by atoms with Crippen LogP contribution in [-0.4, -0.2) is 19.0 Å². The fourth-order valence-corrected chi connectivity index (χ4v) is 3.14. The third kappa shape index (κ3) is 4.04. The monoisotopic (exact) mass is 356 g/mol. The largest absolute Gasteiger partial charge is 0.351 e. The van der Waals surface area contributed by atoms with Gasteiger partial charge in [-0.3, -0.25) is 4.79 Å². The maximum atomic E-state index is 13.7. The van der Waals surface area contributed by atoms with Crippen molar-refractivity contribution in [1.82, 2.24) is 10.6 Å². The summed E-state index contributed by atoms with van der Waals surface area (Å²) in [7, 11) is 0. The smallest absolute Gasteiger partial charge is 0.226 e. The molecule has 2 N–H and O–H groups in total. The van der Waals surface area contributed by atoms with E-state index in [0.29, 0.717) is 11.5 Å². The van der Waals surface area contributed by atoms with Gasteiger partial charge in [-0.25, -0.2) is 4.39 Å². The van der Waals surface area contributed by atoms with Gasteiger partial charge in [0, 0.05) is 22.0 Å². The van der Waals surface area contributed by atoms with Gasteiger partial charge in [-0.1, -0.05) is 29.8 Å². The number of carbonyl (C=O) groups is 1. The van der Waals surface area contributed by atoms with Crippen LogP contribution in [-0.2, 0) is 11.3 Å². The molecule has 0 aliphatic carbocycles. The molecule has 1 saturated heterocycles. The molecule has 2 rings (SSSR count). The minimum Gasteiger partial charge on any atom is -0.351 e. The predicted octanol–water partition coefficient (Wildman–Crippen LogP) is 3.23. The fourth-order valence-electron chi connectivity index (χ4n) is 2.74. The predicted molar refractivity (Wildman–Crippen MR) is 85.3 cm³/mol. The molecule has 5 heteroatoms. The lowest BCUT2D eigenvalue weighted by molar-refractivity contribution is -0.132. The zero-order valence-corrected chi connectivity index (χ0v) is 14.1. The lowest BCUT2D eigenvalue weighted by Crippen LogP contribution is -2.47. The number of rotatable bonds is 4. The van der Waals surface area contributed by atoms with E-state index < -0.39 is 5.41 Å². The lowest BCUT2D eigenvalue weighted by atomic mass is 9.74. The number of carbonyl (C=O) groups excluding carboxylic acids is 1. The van der Waals surface area contributed by atoms with Gasteiger partial charge in [0.2, 0.25) is 5.91 Å². The standard InChI is InChI=1S/C16H22BrFN2O/c1-16(2,12-4-3-7-19-10-12)15(21)20-9-11-8-13(17)5-6-14(11)18/h5-6,8,12,19H,3-4,7,9-10H2,1-2H3,(H,20,21). The molecule has 3 nitrogen and oxygen atoms in total. The van der Waals surface area contributed by atoms with Crippen LogP contribution < -0.4 is 10.6 Å². The Hall–Kier alpha value is -0.940. The van der Waals surface area contributed by atoms with Crippen molar-refractivity contribution in [3.63, 3.8) is 0 Å². The van der Waals surface area contributed by atoms with Crippen LogP contribution in [0.4, 0.5) is 4.39 Å². The maximum Gasteiger partial charge on any atom is 0.226 e. The molecule has 1 unspecified atom stereocenters. The molecule has 1 heterocycles. The molecule has 0 spiro atoms. The maximum absolute atomic E-state index is 13.7. The van der Waals surface area contributed by atoms with E-state index in [9.17, 15) is 9.18 Å². The number of nitrogens with one attached hydrogen (secondary N) is 2. The Kier molecular flexibility index (Phi) is 5.38. The molecule has 21 heavy (non-hydrogen) atoms. The first-order chi connectivity index (χ1) is 9.91. The highest BCUT2D eigenvalue weighted by molar-refractivity contribution is 9.10. The quantitative estimate of drug-likeness (QED) is 0.869. The van der Waals surface area contributed by atoms with Gasteiger partial charge in [0.1, 0.15) is 5.82 Å². The molecular weight excluding hydrogens is 335 g/mol. The van der Waals surface area contributed by atoms with Gasteiger partial charge in [0.15, 0.2) is 0 Å². The molecule has 1 aromatic carbocycles. The number of hydrogen-bond donors (Lipinski definition) is 2. The van der Waals surface area contributed by atoms with Crippen LogP contribution >= 0.6 is 15.9 Å². The Morgan fingerprint density at radius 1 is 1.52 bits per heavy atom. The van der Waals surface area contributed by atoms with Crippen LogP contribution in [0.2, 0.25) is 0 Å². The van der Waals surface area contributed by atoms with E-state index in [-0.39, 0.29) is 18.3 Å². The molecule has 0 aromatic heterocycles. The number of halogens is 2. The van der Waals surface area contributed by atoms with Crippen molar-refractivity contribution in [2.45, 2.75) is 33.2 Å². The Labute approximate surface area is 133 Å². The highest BCUT2D eigenvalue weighted by atomic mass is 79.9. The van der Waals surface area contributed by atoms with Crippen LogP contribution in [0.25, 0.3) is 0 Å². The second-order valence-electron chi connectivity index (χ2n) is 6.18. The first-order valence-corrected chi connectivity index (χ1v) is 8.13. The SMILES string of the molecule is CC(C)(C(=O)NCc1cc(Br)ccc1F)C1CCCNC1. The van der Waals surface area contributed by atoms with Gasteiger partial charge in [0.25, 0.3) is 0 Å². The average Bonchev–Trinajstić information content (AvgIpc) is 2.48. The minimum atomic E-state index is -0.449. The summed E-state index contributed by atoms with van der Waals surface area (Å²) in [4.78, 5) is 12.5. The van der Waals surface area contributed by atoms with E-state index in [1.54, 1.807) is 12.1 Å². The number of hydrogen-bond acceptors (Lipinski definition) is 2. The van der Waals surface area contributed by atoms with Gasteiger partial charge >= 0.3 is 0 Å². The first-order valence-electron chi connectivity index (χ1n) is 7.34. The molecule has 116 valence electrons. The van der Waals surface area contributed by atoms with Crippen molar-refractivity contribution in [2.75, 3.05) is 13.1 Å². The molecule has 1 atom stereocenters. The fraction of sp³-hybridized carbons (Fsp3) is 0.562. The summed E-state index contributed by atoms with van der Waals surface area (Å²) in [6, 6.07) is 4.75. The molecule has 1 fully saturated rings. The molecule has 1 amide bonds. The van der Waals surface area contributed by atoms with Crippen LogP contribution in [0, 0.1) is 17.2 Å². The van der Waals surface area contributed by atoms with Crippen molar-refractivity contribution in [1.29, 1.82) is 0 Å². The van der Waals surface area contributed by atoms with E-state index in [2.05, 4.69) is 26.6 Å². The summed E-state index contributed by atoms with van der Waals surface area (Å²) in [6.45, 7) is 6.05. The Morgan fingerprint density at radius 2 is 2.29 bits per heavy atom. The van der Waals surface area contributed by atoms with Crippen LogP contribution in [0.15, 0.2) is 22.7 Å². The molecule has 1 aliphatic heterocycles. The van der Waals surface area contributed by atoms with Gasteiger partial charge in [-0.05, 0) is 50.0 Å². The zero-order valence-electron chi connectivity index (χ0n) is 12.5. The van der Waals surface area contributed by atoms with E-state index in [1.165, 1.54) is 6.07 Å². The normalized spacial score (nSPS) is 19.3. The summed E-state index contributed by atoms with van der Waals surface area (Å²) in [5.74, 6) is 0.00446. The van der Waals surface area contributed by atoms with Gasteiger partial charge in [-0.15, -0.1) is 0 Å². The van der Waals surface area contributed by atoms with Gasteiger partial charge in [0.05, 0.1) is 0 Å². The second kappa shape index (κ2) is 6.88. The van der Waals surface area contributed by atoms with E-state index in [4.69, 9.17) is 0 Å². The summed E-state index contributed by atoms with van der Waals surface area (Å²) in [6.07, 6.45) is 2.15. The van der Waals surface area contributed by atoms with E-state index in [0.717, 1.165) is 30.4 Å². The zero-order chi connectivity index (χ0) is 15.5. The Morgan fingerprint density at radius 3 is 2.95 bits per heavy atom. The molecular formula is C16H22BrFN2O.